The summed E-state index contributed by atoms with van der Waals surface area (Å²) in [5.41, 5.74) is 1.32. The molecule has 0 aliphatic carbocycles. The molecule has 0 atom stereocenters. The molecule has 0 aliphatic rings. The maximum absolute atomic E-state index is 12.0. The smallest absolute Gasteiger partial charge is 0.279 e. The van der Waals surface area contributed by atoms with E-state index in [9.17, 15) is 25.0 Å². The number of carbonyl (C=O) groups is 1. The van der Waals surface area contributed by atoms with Crippen LogP contribution in [-0.4, -0.2) is 15.8 Å². The Labute approximate surface area is 137 Å². The number of rotatable bonds is 6. The van der Waals surface area contributed by atoms with E-state index in [1.54, 1.807) is 0 Å². The maximum atomic E-state index is 12.0. The first-order valence-electron chi connectivity index (χ1n) is 7.11. The minimum absolute atomic E-state index is 0.131. The second-order valence-electron chi connectivity index (χ2n) is 5.27. The molecule has 0 heterocycles. The largest absolute Gasteiger partial charge is 0.352 e. The number of nitro groups is 2. The third kappa shape index (κ3) is 4.35. The number of hydrogen-bond acceptors (Lipinski definition) is 5. The molecule has 1 N–H and O–H groups in total. The van der Waals surface area contributed by atoms with Crippen LogP contribution in [0.15, 0.2) is 42.5 Å². The first-order valence-corrected chi connectivity index (χ1v) is 7.11. The monoisotopic (exact) mass is 329 g/mol. The van der Waals surface area contributed by atoms with E-state index in [4.69, 9.17) is 0 Å². The highest BCUT2D eigenvalue weighted by molar-refractivity contribution is 5.80. The van der Waals surface area contributed by atoms with Crippen LogP contribution in [0.25, 0.3) is 0 Å². The Morgan fingerprint density at radius 3 is 2.29 bits per heavy atom. The fourth-order valence-corrected chi connectivity index (χ4v) is 2.13. The highest BCUT2D eigenvalue weighted by Gasteiger charge is 2.20. The average molecular weight is 329 g/mol. The van der Waals surface area contributed by atoms with Gasteiger partial charge in [0.15, 0.2) is 0 Å². The summed E-state index contributed by atoms with van der Waals surface area (Å²) >= 11 is 0. The van der Waals surface area contributed by atoms with Gasteiger partial charge in [-0.1, -0.05) is 29.8 Å². The van der Waals surface area contributed by atoms with Gasteiger partial charge in [-0.2, -0.15) is 0 Å². The number of benzene rings is 2. The number of aryl methyl sites for hydroxylation is 1. The first kappa shape index (κ1) is 17.1. The predicted octanol–water partition coefficient (Wildman–Crippen LogP) is 2.67. The molecule has 0 fully saturated rings. The van der Waals surface area contributed by atoms with Crippen LogP contribution >= 0.6 is 0 Å². The standard InChI is InChI=1S/C16H15N3O5/c1-11-2-4-12(5-3-11)10-17-16(20)8-13-6-7-14(18(21)22)9-15(13)19(23)24/h2-7,9H,8,10H2,1H3,(H,17,20). The third-order valence-corrected chi connectivity index (χ3v) is 3.44. The second-order valence-corrected chi connectivity index (χ2v) is 5.27. The molecule has 2 rings (SSSR count). The normalized spacial score (nSPS) is 10.2. The molecule has 0 unspecified atom stereocenters. The van der Waals surface area contributed by atoms with E-state index in [1.807, 2.05) is 31.2 Å². The highest BCUT2D eigenvalue weighted by Crippen LogP contribution is 2.25. The Kier molecular flexibility index (Phi) is 5.20. The molecule has 1 amide bonds. The fraction of sp³-hybridized carbons (Fsp3) is 0.188. The van der Waals surface area contributed by atoms with Gasteiger partial charge in [-0.3, -0.25) is 25.0 Å². The van der Waals surface area contributed by atoms with Crippen LogP contribution in [0.1, 0.15) is 16.7 Å². The van der Waals surface area contributed by atoms with E-state index < -0.39 is 21.4 Å². The Bertz CT molecular complexity index is 787. The maximum Gasteiger partial charge on any atom is 0.279 e. The zero-order valence-electron chi connectivity index (χ0n) is 12.9. The molecule has 24 heavy (non-hydrogen) atoms. The molecule has 0 radical (unpaired) electrons. The van der Waals surface area contributed by atoms with Crippen molar-refractivity contribution in [2.45, 2.75) is 19.9 Å². The van der Waals surface area contributed by atoms with Gasteiger partial charge < -0.3 is 5.32 Å². The minimum atomic E-state index is -0.727. The van der Waals surface area contributed by atoms with Gasteiger partial charge >= 0.3 is 0 Å². The van der Waals surface area contributed by atoms with Gasteiger partial charge in [-0.05, 0) is 18.6 Å². The number of nitrogens with zero attached hydrogens (tertiary/aromatic N) is 2. The van der Waals surface area contributed by atoms with Crippen LogP contribution in [-0.2, 0) is 17.8 Å². The number of carbonyl (C=O) groups excluding carboxylic acids is 1. The molecule has 0 saturated carbocycles. The van der Waals surface area contributed by atoms with Crippen LogP contribution in [0.2, 0.25) is 0 Å². The zero-order valence-corrected chi connectivity index (χ0v) is 12.9. The lowest BCUT2D eigenvalue weighted by Gasteiger charge is -2.06. The topological polar surface area (TPSA) is 115 Å². The quantitative estimate of drug-likeness (QED) is 0.646. The van der Waals surface area contributed by atoms with Crippen LogP contribution in [0.3, 0.4) is 0 Å². The molecule has 0 saturated heterocycles. The van der Waals surface area contributed by atoms with E-state index in [1.165, 1.54) is 6.07 Å². The van der Waals surface area contributed by atoms with Crippen molar-refractivity contribution in [3.05, 3.63) is 79.4 Å². The zero-order chi connectivity index (χ0) is 17.7. The first-order chi connectivity index (χ1) is 11.4. The molecule has 0 aromatic heterocycles. The van der Waals surface area contributed by atoms with Crippen LogP contribution in [0, 0.1) is 27.2 Å². The summed E-state index contributed by atoms with van der Waals surface area (Å²) in [6.07, 6.45) is -0.222. The lowest BCUT2D eigenvalue weighted by atomic mass is 10.1. The molecule has 0 spiro atoms. The molecular weight excluding hydrogens is 314 g/mol. The Hall–Kier alpha value is -3.29. The summed E-state index contributed by atoms with van der Waals surface area (Å²) < 4.78 is 0. The number of hydrogen-bond donors (Lipinski definition) is 1. The third-order valence-electron chi connectivity index (χ3n) is 3.44. The lowest BCUT2D eigenvalue weighted by Crippen LogP contribution is -2.24. The molecule has 2 aromatic rings. The SMILES string of the molecule is Cc1ccc(CNC(=O)Cc2ccc([N+](=O)[O-])cc2[N+](=O)[O-])cc1. The molecule has 0 aliphatic heterocycles. The Morgan fingerprint density at radius 1 is 1.04 bits per heavy atom. The van der Waals surface area contributed by atoms with Crippen molar-refractivity contribution < 1.29 is 14.6 Å². The van der Waals surface area contributed by atoms with Gasteiger partial charge in [0.1, 0.15) is 0 Å². The van der Waals surface area contributed by atoms with Crippen LogP contribution < -0.4 is 5.32 Å². The molecule has 8 heteroatoms. The van der Waals surface area contributed by atoms with Crippen molar-refractivity contribution in [3.63, 3.8) is 0 Å². The van der Waals surface area contributed by atoms with E-state index in [2.05, 4.69) is 5.32 Å². The number of nitro benzene ring substituents is 2. The number of nitrogens with one attached hydrogen (secondary N) is 1. The van der Waals surface area contributed by atoms with Gasteiger partial charge in [-0.25, -0.2) is 0 Å². The summed E-state index contributed by atoms with van der Waals surface area (Å²) in [4.78, 5) is 32.3. The Morgan fingerprint density at radius 2 is 1.71 bits per heavy atom. The summed E-state index contributed by atoms with van der Waals surface area (Å²) in [6.45, 7) is 2.26. The molecular formula is C16H15N3O5. The molecule has 2 aromatic carbocycles. The van der Waals surface area contributed by atoms with E-state index in [0.717, 1.165) is 23.3 Å². The summed E-state index contributed by atoms with van der Waals surface area (Å²) in [7, 11) is 0. The summed E-state index contributed by atoms with van der Waals surface area (Å²) in [5, 5.41) is 24.4. The van der Waals surface area contributed by atoms with Crippen molar-refractivity contribution in [3.8, 4) is 0 Å². The lowest BCUT2D eigenvalue weighted by molar-refractivity contribution is -0.394. The molecule has 8 nitrogen and oxygen atoms in total. The van der Waals surface area contributed by atoms with Gasteiger partial charge in [-0.15, -0.1) is 0 Å². The predicted molar refractivity (Wildman–Crippen MR) is 86.5 cm³/mol. The van der Waals surface area contributed by atoms with Crippen molar-refractivity contribution in [1.82, 2.24) is 5.32 Å². The average Bonchev–Trinajstić information content (AvgIpc) is 2.54. The Balaban J connectivity index is 2.06. The van der Waals surface area contributed by atoms with Crippen molar-refractivity contribution in [2.75, 3.05) is 0 Å². The summed E-state index contributed by atoms with van der Waals surface area (Å²) in [6, 6.07) is 10.8. The van der Waals surface area contributed by atoms with E-state index >= 15 is 0 Å². The van der Waals surface area contributed by atoms with E-state index in [0.29, 0.717) is 6.54 Å². The van der Waals surface area contributed by atoms with Gasteiger partial charge in [0, 0.05) is 18.2 Å². The van der Waals surface area contributed by atoms with Gasteiger partial charge in [0.25, 0.3) is 11.4 Å². The molecule has 124 valence electrons. The number of amides is 1. The van der Waals surface area contributed by atoms with Crippen LogP contribution in [0.4, 0.5) is 11.4 Å². The second kappa shape index (κ2) is 7.32. The molecule has 0 bridgehead atoms. The minimum Gasteiger partial charge on any atom is -0.352 e. The van der Waals surface area contributed by atoms with Crippen molar-refractivity contribution >= 4 is 17.3 Å². The van der Waals surface area contributed by atoms with Gasteiger partial charge in [0.2, 0.25) is 5.91 Å². The van der Waals surface area contributed by atoms with Crippen molar-refractivity contribution in [2.24, 2.45) is 0 Å². The fourth-order valence-electron chi connectivity index (χ4n) is 2.13. The highest BCUT2D eigenvalue weighted by atomic mass is 16.6. The van der Waals surface area contributed by atoms with Crippen molar-refractivity contribution in [1.29, 1.82) is 0 Å². The van der Waals surface area contributed by atoms with E-state index in [-0.39, 0.29) is 17.7 Å². The van der Waals surface area contributed by atoms with Gasteiger partial charge in [0.05, 0.1) is 22.3 Å². The van der Waals surface area contributed by atoms with Crippen LogP contribution in [0.5, 0.6) is 0 Å². The number of non-ortho nitro benzene ring substituents is 1. The summed E-state index contributed by atoms with van der Waals surface area (Å²) in [5.74, 6) is -0.396.